The predicted molar refractivity (Wildman–Crippen MR) is 108 cm³/mol. The lowest BCUT2D eigenvalue weighted by atomic mass is 10.2. The van der Waals surface area contributed by atoms with Gasteiger partial charge in [-0.3, -0.25) is 0 Å². The van der Waals surface area contributed by atoms with E-state index in [1.165, 1.54) is 5.56 Å². The first-order valence-electron chi connectivity index (χ1n) is 8.30. The van der Waals surface area contributed by atoms with E-state index in [1.54, 1.807) is 18.0 Å². The van der Waals surface area contributed by atoms with Gasteiger partial charge in [0.15, 0.2) is 0 Å². The molecule has 6 heteroatoms. The fraction of sp³-hybridized carbons (Fsp3) is 0.200. The average Bonchev–Trinajstić information content (AvgIpc) is 2.69. The Balaban J connectivity index is 1.50. The summed E-state index contributed by atoms with van der Waals surface area (Å²) in [5.74, 6) is 2.39. The van der Waals surface area contributed by atoms with Crippen molar-refractivity contribution in [3.05, 3.63) is 77.4 Å². The van der Waals surface area contributed by atoms with E-state index in [2.05, 4.69) is 34.2 Å². The number of thioether (sulfide) groups is 1. The topological polar surface area (TPSA) is 38.2 Å². The monoisotopic (exact) mass is 385 g/mol. The van der Waals surface area contributed by atoms with E-state index in [1.807, 2.05) is 48.3 Å². The summed E-state index contributed by atoms with van der Waals surface area (Å²) in [5, 5.41) is 1.66. The molecular formula is C20H20ClN3OS. The van der Waals surface area contributed by atoms with Crippen molar-refractivity contribution in [2.24, 2.45) is 0 Å². The highest BCUT2D eigenvalue weighted by Gasteiger charge is 2.06. The number of halogens is 1. The quantitative estimate of drug-likeness (QED) is 0.405. The highest BCUT2D eigenvalue weighted by molar-refractivity contribution is 7.98. The molecule has 134 valence electrons. The van der Waals surface area contributed by atoms with Gasteiger partial charge in [0.1, 0.15) is 17.4 Å². The van der Waals surface area contributed by atoms with Crippen LogP contribution < -0.4 is 9.64 Å². The Hall–Kier alpha value is -2.24. The number of benzene rings is 2. The summed E-state index contributed by atoms with van der Waals surface area (Å²) in [6.07, 6.45) is 1.80. The van der Waals surface area contributed by atoms with Crippen LogP contribution in [-0.4, -0.2) is 30.2 Å². The summed E-state index contributed by atoms with van der Waals surface area (Å²) < 4.78 is 5.73. The molecular weight excluding hydrogens is 366 g/mol. The zero-order chi connectivity index (χ0) is 18.2. The molecule has 2 aromatic carbocycles. The minimum atomic E-state index is 0.545. The van der Waals surface area contributed by atoms with E-state index in [9.17, 15) is 0 Å². The second kappa shape index (κ2) is 9.46. The molecule has 1 aromatic heterocycles. The Morgan fingerprint density at radius 1 is 1.04 bits per heavy atom. The molecule has 26 heavy (non-hydrogen) atoms. The molecule has 1 heterocycles. The maximum Gasteiger partial charge on any atom is 0.226 e. The van der Waals surface area contributed by atoms with E-state index < -0.39 is 0 Å². The molecule has 0 radical (unpaired) electrons. The van der Waals surface area contributed by atoms with Gasteiger partial charge in [-0.05, 0) is 35.9 Å². The van der Waals surface area contributed by atoms with Gasteiger partial charge in [-0.25, -0.2) is 9.97 Å². The third-order valence-corrected chi connectivity index (χ3v) is 4.95. The summed E-state index contributed by atoms with van der Waals surface area (Å²) in [6, 6.07) is 19.7. The van der Waals surface area contributed by atoms with Crippen molar-refractivity contribution in [3.63, 3.8) is 0 Å². The second-order valence-electron chi connectivity index (χ2n) is 5.69. The number of likely N-dealkylation sites (N-methyl/N-ethyl adjacent to an activating group) is 1. The molecule has 3 rings (SSSR count). The third-order valence-electron chi connectivity index (χ3n) is 3.70. The third kappa shape index (κ3) is 5.64. The molecule has 0 N–H and O–H groups in total. The van der Waals surface area contributed by atoms with E-state index >= 15 is 0 Å². The molecule has 0 fully saturated rings. The number of nitrogens with zero attached hydrogens (tertiary/aromatic N) is 3. The predicted octanol–water partition coefficient (Wildman–Crippen LogP) is 4.94. The first-order chi connectivity index (χ1) is 12.7. The Bertz CT molecular complexity index is 815. The van der Waals surface area contributed by atoms with Gasteiger partial charge in [-0.15, -0.1) is 11.8 Å². The van der Waals surface area contributed by atoms with Crippen LogP contribution in [0.25, 0.3) is 0 Å². The van der Waals surface area contributed by atoms with Crippen molar-refractivity contribution >= 4 is 29.3 Å². The largest absolute Gasteiger partial charge is 0.492 e. The zero-order valence-electron chi connectivity index (χ0n) is 14.5. The summed E-state index contributed by atoms with van der Waals surface area (Å²) in [6.45, 7) is 1.23. The lowest BCUT2D eigenvalue weighted by Gasteiger charge is -2.17. The van der Waals surface area contributed by atoms with Crippen molar-refractivity contribution in [1.29, 1.82) is 0 Å². The molecule has 0 spiro atoms. The molecule has 0 amide bonds. The summed E-state index contributed by atoms with van der Waals surface area (Å²) in [5.41, 5.74) is 1.28. The maximum absolute atomic E-state index is 5.87. The Kier molecular flexibility index (Phi) is 6.75. The average molecular weight is 386 g/mol. The van der Waals surface area contributed by atoms with E-state index in [4.69, 9.17) is 16.3 Å². The van der Waals surface area contributed by atoms with Crippen LogP contribution in [0.4, 0.5) is 5.95 Å². The molecule has 3 aromatic rings. The number of aromatic nitrogens is 2. The summed E-state index contributed by atoms with van der Waals surface area (Å²) >= 11 is 7.58. The van der Waals surface area contributed by atoms with E-state index in [0.717, 1.165) is 16.5 Å². The van der Waals surface area contributed by atoms with Gasteiger partial charge in [-0.2, -0.15) is 0 Å². The van der Waals surface area contributed by atoms with Crippen molar-refractivity contribution in [1.82, 2.24) is 9.97 Å². The lowest BCUT2D eigenvalue weighted by Crippen LogP contribution is -2.25. The molecule has 0 aliphatic carbocycles. The van der Waals surface area contributed by atoms with Crippen LogP contribution in [0.5, 0.6) is 5.75 Å². The number of hydrogen-bond donors (Lipinski definition) is 0. The van der Waals surface area contributed by atoms with Crippen LogP contribution >= 0.6 is 23.4 Å². The van der Waals surface area contributed by atoms with Gasteiger partial charge in [-0.1, -0.05) is 41.9 Å². The van der Waals surface area contributed by atoms with E-state index in [-0.39, 0.29) is 0 Å². The standard InChI is InChI=1S/C20H20ClN3OS/c1-24(13-14-25-18-9-7-17(21)8-10-18)20-22-12-11-19(23-20)26-15-16-5-3-2-4-6-16/h2-12H,13-15H2,1H3. The molecule has 0 saturated heterocycles. The number of anilines is 1. The van der Waals surface area contributed by atoms with Crippen molar-refractivity contribution in [3.8, 4) is 5.75 Å². The van der Waals surface area contributed by atoms with Crippen LogP contribution in [0.2, 0.25) is 5.02 Å². The molecule has 0 unspecified atom stereocenters. The van der Waals surface area contributed by atoms with Crippen molar-refractivity contribution < 1.29 is 4.74 Å². The van der Waals surface area contributed by atoms with Gasteiger partial charge >= 0.3 is 0 Å². The smallest absolute Gasteiger partial charge is 0.226 e. The normalized spacial score (nSPS) is 10.5. The minimum Gasteiger partial charge on any atom is -0.492 e. The first kappa shape index (κ1) is 18.5. The number of rotatable bonds is 8. The molecule has 0 aliphatic heterocycles. The fourth-order valence-electron chi connectivity index (χ4n) is 2.26. The zero-order valence-corrected chi connectivity index (χ0v) is 16.1. The van der Waals surface area contributed by atoms with Crippen LogP contribution in [-0.2, 0) is 5.75 Å². The Morgan fingerprint density at radius 3 is 2.58 bits per heavy atom. The Labute approximate surface area is 163 Å². The van der Waals surface area contributed by atoms with Crippen LogP contribution in [0, 0.1) is 0 Å². The van der Waals surface area contributed by atoms with Gasteiger partial charge in [0.25, 0.3) is 0 Å². The molecule has 0 saturated carbocycles. The Morgan fingerprint density at radius 2 is 1.81 bits per heavy atom. The lowest BCUT2D eigenvalue weighted by molar-refractivity contribution is 0.325. The SMILES string of the molecule is CN(CCOc1ccc(Cl)cc1)c1nccc(SCc2ccccc2)n1. The summed E-state index contributed by atoms with van der Waals surface area (Å²) in [7, 11) is 1.96. The van der Waals surface area contributed by atoms with Crippen LogP contribution in [0.15, 0.2) is 71.9 Å². The van der Waals surface area contributed by atoms with Crippen molar-refractivity contribution in [2.75, 3.05) is 25.1 Å². The summed E-state index contributed by atoms with van der Waals surface area (Å²) in [4.78, 5) is 11.0. The van der Waals surface area contributed by atoms with Gasteiger partial charge in [0.2, 0.25) is 5.95 Å². The highest BCUT2D eigenvalue weighted by Crippen LogP contribution is 2.22. The number of hydrogen-bond acceptors (Lipinski definition) is 5. The van der Waals surface area contributed by atoms with Gasteiger partial charge in [0.05, 0.1) is 6.54 Å². The fourth-order valence-corrected chi connectivity index (χ4v) is 3.20. The van der Waals surface area contributed by atoms with Gasteiger partial charge < -0.3 is 9.64 Å². The number of ether oxygens (including phenoxy) is 1. The molecule has 0 atom stereocenters. The molecule has 0 aliphatic rings. The molecule has 0 bridgehead atoms. The highest BCUT2D eigenvalue weighted by atomic mass is 35.5. The van der Waals surface area contributed by atoms with Gasteiger partial charge in [0, 0.05) is 24.0 Å². The van der Waals surface area contributed by atoms with Crippen LogP contribution in [0.3, 0.4) is 0 Å². The molecule has 4 nitrogen and oxygen atoms in total. The maximum atomic E-state index is 5.87. The second-order valence-corrected chi connectivity index (χ2v) is 7.13. The van der Waals surface area contributed by atoms with Crippen LogP contribution in [0.1, 0.15) is 5.56 Å². The van der Waals surface area contributed by atoms with E-state index in [0.29, 0.717) is 24.1 Å². The first-order valence-corrected chi connectivity index (χ1v) is 9.66. The van der Waals surface area contributed by atoms with Crippen molar-refractivity contribution in [2.45, 2.75) is 10.8 Å². The minimum absolute atomic E-state index is 0.545.